The number of sulfonamides is 1. The van der Waals surface area contributed by atoms with E-state index >= 15 is 0 Å². The molecule has 1 heterocycles. The van der Waals surface area contributed by atoms with Gasteiger partial charge in [-0.3, -0.25) is 9.69 Å². The smallest absolute Gasteiger partial charge is 0.243 e. The van der Waals surface area contributed by atoms with Crippen LogP contribution >= 0.6 is 0 Å². The van der Waals surface area contributed by atoms with E-state index in [1.54, 1.807) is 42.3 Å². The van der Waals surface area contributed by atoms with Crippen LogP contribution in [0.25, 0.3) is 0 Å². The number of carbonyl (C=O) groups is 1. The van der Waals surface area contributed by atoms with E-state index in [1.807, 2.05) is 0 Å². The van der Waals surface area contributed by atoms with E-state index in [2.05, 4.69) is 5.32 Å². The zero-order chi connectivity index (χ0) is 21.6. The SMILES string of the molecule is CN(CCOc1ccccc1F)CC(=O)Nc1ccc(S(=O)(=O)N2CCCC2)cc1. The third kappa shape index (κ3) is 5.78. The summed E-state index contributed by atoms with van der Waals surface area (Å²) in [5.41, 5.74) is 0.524. The lowest BCUT2D eigenvalue weighted by atomic mass is 10.3. The second kappa shape index (κ2) is 10.0. The lowest BCUT2D eigenvalue weighted by molar-refractivity contribution is -0.117. The third-order valence-corrected chi connectivity index (χ3v) is 6.73. The number of likely N-dealkylation sites (N-methyl/N-ethyl adjacent to an activating group) is 1. The Bertz CT molecular complexity index is 960. The molecule has 0 spiro atoms. The van der Waals surface area contributed by atoms with Gasteiger partial charge in [0.15, 0.2) is 11.6 Å². The van der Waals surface area contributed by atoms with Gasteiger partial charge in [0, 0.05) is 25.3 Å². The minimum absolute atomic E-state index is 0.120. The zero-order valence-corrected chi connectivity index (χ0v) is 17.7. The van der Waals surface area contributed by atoms with E-state index < -0.39 is 15.8 Å². The van der Waals surface area contributed by atoms with E-state index in [9.17, 15) is 17.6 Å². The molecule has 162 valence electrons. The molecule has 0 aromatic heterocycles. The van der Waals surface area contributed by atoms with Gasteiger partial charge in [0.25, 0.3) is 0 Å². The number of para-hydroxylation sites is 1. The second-order valence-corrected chi connectivity index (χ2v) is 9.14. The molecule has 1 aliphatic rings. The minimum Gasteiger partial charge on any atom is -0.489 e. The molecule has 1 saturated heterocycles. The molecule has 0 atom stereocenters. The maximum atomic E-state index is 13.5. The van der Waals surface area contributed by atoms with Crippen molar-refractivity contribution in [3.63, 3.8) is 0 Å². The Hall–Kier alpha value is -2.49. The molecule has 0 saturated carbocycles. The summed E-state index contributed by atoms with van der Waals surface area (Å²) in [6.07, 6.45) is 1.76. The predicted octanol–water partition coefficient (Wildman–Crippen LogP) is 2.56. The molecule has 9 heteroatoms. The van der Waals surface area contributed by atoms with Crippen molar-refractivity contribution < 1.29 is 22.3 Å². The number of nitrogens with zero attached hydrogens (tertiary/aromatic N) is 2. The molecule has 1 N–H and O–H groups in total. The summed E-state index contributed by atoms with van der Waals surface area (Å²) < 4.78 is 45.5. The molecule has 30 heavy (non-hydrogen) atoms. The third-order valence-electron chi connectivity index (χ3n) is 4.82. The number of ether oxygens (including phenoxy) is 1. The van der Waals surface area contributed by atoms with Crippen molar-refractivity contribution in [2.75, 3.05) is 45.2 Å². The Morgan fingerprint density at radius 3 is 2.47 bits per heavy atom. The molecular weight excluding hydrogens is 409 g/mol. The highest BCUT2D eigenvalue weighted by Gasteiger charge is 2.26. The maximum absolute atomic E-state index is 13.5. The number of carbonyl (C=O) groups excluding carboxylic acids is 1. The number of hydrogen-bond acceptors (Lipinski definition) is 5. The van der Waals surface area contributed by atoms with Gasteiger partial charge in [0.05, 0.1) is 11.4 Å². The largest absolute Gasteiger partial charge is 0.489 e. The maximum Gasteiger partial charge on any atom is 0.243 e. The molecule has 0 radical (unpaired) electrons. The fourth-order valence-corrected chi connectivity index (χ4v) is 4.70. The molecule has 0 unspecified atom stereocenters. The fraction of sp³-hybridized carbons (Fsp3) is 0.381. The summed E-state index contributed by atoms with van der Waals surface area (Å²) in [4.78, 5) is 14.2. The first-order valence-electron chi connectivity index (χ1n) is 9.82. The van der Waals surface area contributed by atoms with Gasteiger partial charge in [-0.25, -0.2) is 12.8 Å². The topological polar surface area (TPSA) is 79.0 Å². The number of hydrogen-bond donors (Lipinski definition) is 1. The Balaban J connectivity index is 1.45. The van der Waals surface area contributed by atoms with Crippen LogP contribution in [0, 0.1) is 5.82 Å². The molecular formula is C21H26FN3O4S. The minimum atomic E-state index is -3.47. The quantitative estimate of drug-likeness (QED) is 0.655. The zero-order valence-electron chi connectivity index (χ0n) is 16.9. The summed E-state index contributed by atoms with van der Waals surface area (Å²) in [6, 6.07) is 12.3. The number of amides is 1. The molecule has 2 aromatic carbocycles. The average molecular weight is 436 g/mol. The summed E-state index contributed by atoms with van der Waals surface area (Å²) in [5.74, 6) is -0.481. The number of rotatable bonds is 9. The van der Waals surface area contributed by atoms with Crippen LogP contribution < -0.4 is 10.1 Å². The first-order valence-corrected chi connectivity index (χ1v) is 11.3. The van der Waals surface area contributed by atoms with Gasteiger partial charge in [0.2, 0.25) is 15.9 Å². The second-order valence-electron chi connectivity index (χ2n) is 7.20. The summed E-state index contributed by atoms with van der Waals surface area (Å²) in [7, 11) is -1.71. The van der Waals surface area contributed by atoms with Gasteiger partial charge in [-0.15, -0.1) is 0 Å². The highest BCUT2D eigenvalue weighted by molar-refractivity contribution is 7.89. The van der Waals surface area contributed by atoms with Crippen LogP contribution in [0.2, 0.25) is 0 Å². The summed E-state index contributed by atoms with van der Waals surface area (Å²) in [5, 5.41) is 2.75. The van der Waals surface area contributed by atoms with Crippen molar-refractivity contribution in [2.24, 2.45) is 0 Å². The number of halogens is 1. The molecule has 3 rings (SSSR count). The van der Waals surface area contributed by atoms with E-state index in [0.29, 0.717) is 25.3 Å². The van der Waals surface area contributed by atoms with Gasteiger partial charge >= 0.3 is 0 Å². The molecule has 2 aromatic rings. The van der Waals surface area contributed by atoms with Crippen molar-refractivity contribution in [1.29, 1.82) is 0 Å². The molecule has 0 aliphatic carbocycles. The lowest BCUT2D eigenvalue weighted by Gasteiger charge is -2.17. The Kier molecular flexibility index (Phi) is 7.41. The molecule has 0 bridgehead atoms. The van der Waals surface area contributed by atoms with Crippen molar-refractivity contribution in [3.8, 4) is 5.75 Å². The Morgan fingerprint density at radius 2 is 1.80 bits per heavy atom. The van der Waals surface area contributed by atoms with Crippen LogP contribution in [0.15, 0.2) is 53.4 Å². The van der Waals surface area contributed by atoms with Crippen LogP contribution in [0.3, 0.4) is 0 Å². The highest BCUT2D eigenvalue weighted by atomic mass is 32.2. The number of benzene rings is 2. The first kappa shape index (κ1) is 22.2. The van der Waals surface area contributed by atoms with Gasteiger partial charge in [-0.1, -0.05) is 12.1 Å². The number of nitrogens with one attached hydrogen (secondary N) is 1. The summed E-state index contributed by atoms with van der Waals surface area (Å²) in [6.45, 7) is 1.90. The van der Waals surface area contributed by atoms with Crippen LogP contribution in [0.5, 0.6) is 5.75 Å². The Labute approximate surface area is 176 Å². The van der Waals surface area contributed by atoms with E-state index in [1.165, 1.54) is 22.5 Å². The van der Waals surface area contributed by atoms with Crippen LogP contribution in [-0.2, 0) is 14.8 Å². The normalized spacial score (nSPS) is 14.8. The Morgan fingerprint density at radius 1 is 1.13 bits per heavy atom. The van der Waals surface area contributed by atoms with Gasteiger partial charge < -0.3 is 10.1 Å². The van der Waals surface area contributed by atoms with Crippen molar-refractivity contribution in [3.05, 3.63) is 54.3 Å². The van der Waals surface area contributed by atoms with Crippen molar-refractivity contribution >= 4 is 21.6 Å². The molecule has 7 nitrogen and oxygen atoms in total. The van der Waals surface area contributed by atoms with Crippen LogP contribution in [0.4, 0.5) is 10.1 Å². The van der Waals surface area contributed by atoms with Gasteiger partial charge in [-0.2, -0.15) is 4.31 Å². The predicted molar refractivity (Wildman–Crippen MR) is 112 cm³/mol. The standard InChI is InChI=1S/C21H26FN3O4S/c1-24(14-15-29-20-7-3-2-6-19(20)22)16-21(26)23-17-8-10-18(11-9-17)30(27,28)25-12-4-5-13-25/h2-3,6-11H,4-5,12-16H2,1H3,(H,23,26). The van der Waals surface area contributed by atoms with E-state index in [-0.39, 0.29) is 29.7 Å². The van der Waals surface area contributed by atoms with E-state index in [4.69, 9.17) is 4.74 Å². The van der Waals surface area contributed by atoms with Crippen molar-refractivity contribution in [1.82, 2.24) is 9.21 Å². The average Bonchev–Trinajstić information content (AvgIpc) is 3.25. The highest BCUT2D eigenvalue weighted by Crippen LogP contribution is 2.22. The lowest BCUT2D eigenvalue weighted by Crippen LogP contribution is -2.33. The molecule has 1 fully saturated rings. The van der Waals surface area contributed by atoms with Crippen LogP contribution in [-0.4, -0.2) is 63.4 Å². The van der Waals surface area contributed by atoms with Crippen LogP contribution in [0.1, 0.15) is 12.8 Å². The molecule has 1 amide bonds. The number of anilines is 1. The summed E-state index contributed by atoms with van der Waals surface area (Å²) >= 11 is 0. The van der Waals surface area contributed by atoms with E-state index in [0.717, 1.165) is 12.8 Å². The van der Waals surface area contributed by atoms with Crippen molar-refractivity contribution in [2.45, 2.75) is 17.7 Å². The van der Waals surface area contributed by atoms with Gasteiger partial charge in [0.1, 0.15) is 6.61 Å². The van der Waals surface area contributed by atoms with Gasteiger partial charge in [-0.05, 0) is 56.3 Å². The fourth-order valence-electron chi connectivity index (χ4n) is 3.19. The monoisotopic (exact) mass is 435 g/mol. The molecule has 1 aliphatic heterocycles. The first-order chi connectivity index (χ1) is 14.4.